The van der Waals surface area contributed by atoms with Crippen LogP contribution in [0, 0.1) is 6.92 Å². The molecule has 1 unspecified atom stereocenters. The van der Waals surface area contributed by atoms with Crippen molar-refractivity contribution in [2.45, 2.75) is 25.5 Å². The summed E-state index contributed by atoms with van der Waals surface area (Å²) >= 11 is 1.90. The second-order valence-electron chi connectivity index (χ2n) is 3.43. The van der Waals surface area contributed by atoms with Crippen LogP contribution in [0.15, 0.2) is 18.2 Å². The van der Waals surface area contributed by atoms with Crippen LogP contribution in [-0.4, -0.2) is 23.0 Å². The zero-order chi connectivity index (χ0) is 10.4. The molecule has 2 nitrogen and oxygen atoms in total. The Balaban J connectivity index is 2.31. The van der Waals surface area contributed by atoms with Gasteiger partial charge in [0.1, 0.15) is 5.82 Å². The first-order chi connectivity index (χ1) is 6.72. The Morgan fingerprint density at radius 1 is 1.50 bits per heavy atom. The maximum absolute atomic E-state index is 4.38. The summed E-state index contributed by atoms with van der Waals surface area (Å²) < 4.78 is 0. The smallest absolute Gasteiger partial charge is 0.126 e. The quantitative estimate of drug-likeness (QED) is 0.809. The van der Waals surface area contributed by atoms with Crippen LogP contribution in [0.2, 0.25) is 0 Å². The van der Waals surface area contributed by atoms with Gasteiger partial charge in [-0.25, -0.2) is 4.98 Å². The van der Waals surface area contributed by atoms with Crippen molar-refractivity contribution < 1.29 is 0 Å². The Morgan fingerprint density at radius 3 is 2.93 bits per heavy atom. The van der Waals surface area contributed by atoms with Gasteiger partial charge >= 0.3 is 0 Å². The number of aryl methyl sites for hydroxylation is 1. The Kier molecular flexibility index (Phi) is 4.80. The highest BCUT2D eigenvalue weighted by Gasteiger charge is 1.98. The second-order valence-corrected chi connectivity index (χ2v) is 4.70. The standard InChI is InChI=1S/C11H18N2S/c1-9-5-4-6-11(13-9)12-8-7-10(2)14-3/h4-6,10H,7-8H2,1-3H3,(H,12,13). The number of hydrogen-bond acceptors (Lipinski definition) is 3. The van der Waals surface area contributed by atoms with E-state index in [4.69, 9.17) is 0 Å². The fourth-order valence-corrected chi connectivity index (χ4v) is 1.52. The van der Waals surface area contributed by atoms with E-state index in [1.165, 1.54) is 6.42 Å². The van der Waals surface area contributed by atoms with E-state index in [1.54, 1.807) is 0 Å². The van der Waals surface area contributed by atoms with Crippen LogP contribution >= 0.6 is 11.8 Å². The molecule has 0 aliphatic heterocycles. The number of aromatic nitrogens is 1. The van der Waals surface area contributed by atoms with Crippen molar-refractivity contribution in [3.63, 3.8) is 0 Å². The minimum atomic E-state index is 0.715. The van der Waals surface area contributed by atoms with Crippen molar-refractivity contribution >= 4 is 17.6 Å². The van der Waals surface area contributed by atoms with Gasteiger partial charge in [-0.2, -0.15) is 11.8 Å². The minimum absolute atomic E-state index is 0.715. The average molecular weight is 210 g/mol. The van der Waals surface area contributed by atoms with E-state index in [0.717, 1.165) is 18.1 Å². The molecule has 1 heterocycles. The van der Waals surface area contributed by atoms with Gasteiger partial charge in [0.25, 0.3) is 0 Å². The van der Waals surface area contributed by atoms with Crippen LogP contribution in [0.3, 0.4) is 0 Å². The molecule has 14 heavy (non-hydrogen) atoms. The summed E-state index contributed by atoms with van der Waals surface area (Å²) in [5, 5.41) is 4.04. The molecule has 0 saturated heterocycles. The lowest BCUT2D eigenvalue weighted by Crippen LogP contribution is -2.08. The van der Waals surface area contributed by atoms with Gasteiger partial charge < -0.3 is 5.32 Å². The molecule has 78 valence electrons. The Hall–Kier alpha value is -0.700. The summed E-state index contributed by atoms with van der Waals surface area (Å²) in [6, 6.07) is 6.05. The van der Waals surface area contributed by atoms with E-state index >= 15 is 0 Å². The van der Waals surface area contributed by atoms with Crippen LogP contribution in [0.4, 0.5) is 5.82 Å². The summed E-state index contributed by atoms with van der Waals surface area (Å²) in [5.41, 5.74) is 1.06. The summed E-state index contributed by atoms with van der Waals surface area (Å²) in [6.45, 7) is 5.25. The van der Waals surface area contributed by atoms with E-state index in [-0.39, 0.29) is 0 Å². The molecule has 0 aromatic carbocycles. The van der Waals surface area contributed by atoms with E-state index in [9.17, 15) is 0 Å². The van der Waals surface area contributed by atoms with Crippen molar-refractivity contribution in [2.75, 3.05) is 18.1 Å². The monoisotopic (exact) mass is 210 g/mol. The zero-order valence-corrected chi connectivity index (χ0v) is 9.90. The molecule has 1 aromatic rings. The predicted molar refractivity (Wildman–Crippen MR) is 65.1 cm³/mol. The molecule has 1 rings (SSSR count). The van der Waals surface area contributed by atoms with Crippen molar-refractivity contribution in [1.29, 1.82) is 0 Å². The normalized spacial score (nSPS) is 12.5. The van der Waals surface area contributed by atoms with Crippen LogP contribution in [0.1, 0.15) is 19.0 Å². The number of thioether (sulfide) groups is 1. The molecule has 0 saturated carbocycles. The molecule has 0 aliphatic carbocycles. The third kappa shape index (κ3) is 4.01. The lowest BCUT2D eigenvalue weighted by Gasteiger charge is -2.09. The molecule has 1 aromatic heterocycles. The summed E-state index contributed by atoms with van der Waals surface area (Å²) in [5.74, 6) is 0.985. The lowest BCUT2D eigenvalue weighted by molar-refractivity contribution is 0.849. The number of rotatable bonds is 5. The Morgan fingerprint density at radius 2 is 2.29 bits per heavy atom. The number of nitrogens with one attached hydrogen (secondary N) is 1. The third-order valence-corrected chi connectivity index (χ3v) is 3.19. The minimum Gasteiger partial charge on any atom is -0.370 e. The van der Waals surface area contributed by atoms with E-state index in [0.29, 0.717) is 5.25 Å². The summed E-state index contributed by atoms with van der Waals surface area (Å²) in [7, 11) is 0. The van der Waals surface area contributed by atoms with Gasteiger partial charge in [-0.3, -0.25) is 0 Å². The molecule has 1 atom stereocenters. The first-order valence-electron chi connectivity index (χ1n) is 4.92. The molecule has 0 bridgehead atoms. The zero-order valence-electron chi connectivity index (χ0n) is 9.08. The maximum atomic E-state index is 4.38. The summed E-state index contributed by atoms with van der Waals surface area (Å²) in [6.07, 6.45) is 3.33. The maximum Gasteiger partial charge on any atom is 0.126 e. The van der Waals surface area contributed by atoms with Crippen molar-refractivity contribution in [2.24, 2.45) is 0 Å². The predicted octanol–water partition coefficient (Wildman–Crippen LogP) is 2.94. The number of nitrogens with zero attached hydrogens (tertiary/aromatic N) is 1. The fraction of sp³-hybridized carbons (Fsp3) is 0.545. The van der Waals surface area contributed by atoms with Crippen molar-refractivity contribution in [1.82, 2.24) is 4.98 Å². The summed E-state index contributed by atoms with van der Waals surface area (Å²) in [4.78, 5) is 4.38. The molecule has 0 fully saturated rings. The van der Waals surface area contributed by atoms with Gasteiger partial charge in [-0.15, -0.1) is 0 Å². The van der Waals surface area contributed by atoms with Gasteiger partial charge in [0.05, 0.1) is 0 Å². The van der Waals surface area contributed by atoms with Gasteiger partial charge in [-0.05, 0) is 31.7 Å². The molecule has 1 N–H and O–H groups in total. The number of hydrogen-bond donors (Lipinski definition) is 1. The van der Waals surface area contributed by atoms with Crippen molar-refractivity contribution in [3.8, 4) is 0 Å². The molecule has 0 spiro atoms. The van der Waals surface area contributed by atoms with Crippen LogP contribution in [-0.2, 0) is 0 Å². The van der Waals surface area contributed by atoms with Gasteiger partial charge in [0.2, 0.25) is 0 Å². The number of anilines is 1. The highest BCUT2D eigenvalue weighted by atomic mass is 32.2. The fourth-order valence-electron chi connectivity index (χ4n) is 1.16. The molecular formula is C11H18N2S. The van der Waals surface area contributed by atoms with E-state index < -0.39 is 0 Å². The molecule has 0 radical (unpaired) electrons. The van der Waals surface area contributed by atoms with E-state index in [2.05, 4.69) is 23.5 Å². The Bertz CT molecular complexity index is 276. The highest BCUT2D eigenvalue weighted by molar-refractivity contribution is 7.99. The van der Waals surface area contributed by atoms with Crippen LogP contribution in [0.5, 0.6) is 0 Å². The average Bonchev–Trinajstić information content (AvgIpc) is 2.17. The molecular weight excluding hydrogens is 192 g/mol. The SMILES string of the molecule is CSC(C)CCNc1cccc(C)n1. The van der Waals surface area contributed by atoms with Crippen molar-refractivity contribution in [3.05, 3.63) is 23.9 Å². The Labute approximate surface area is 90.5 Å². The lowest BCUT2D eigenvalue weighted by atomic mass is 10.3. The van der Waals surface area contributed by atoms with Gasteiger partial charge in [-0.1, -0.05) is 13.0 Å². The van der Waals surface area contributed by atoms with E-state index in [1.807, 2.05) is 36.9 Å². The highest BCUT2D eigenvalue weighted by Crippen LogP contribution is 2.10. The molecule has 0 aliphatic rings. The van der Waals surface area contributed by atoms with Gasteiger partial charge in [0.15, 0.2) is 0 Å². The number of pyridine rings is 1. The topological polar surface area (TPSA) is 24.9 Å². The molecule has 3 heteroatoms. The largest absolute Gasteiger partial charge is 0.370 e. The first kappa shape index (κ1) is 11.4. The third-order valence-electron chi connectivity index (χ3n) is 2.15. The van der Waals surface area contributed by atoms with Crippen LogP contribution < -0.4 is 5.32 Å². The first-order valence-corrected chi connectivity index (χ1v) is 6.21. The molecule has 0 amide bonds. The second kappa shape index (κ2) is 5.91. The van der Waals surface area contributed by atoms with Crippen LogP contribution in [0.25, 0.3) is 0 Å². The van der Waals surface area contributed by atoms with Gasteiger partial charge in [0, 0.05) is 17.5 Å².